The zero-order valence-corrected chi connectivity index (χ0v) is 13.3. The lowest BCUT2D eigenvalue weighted by Gasteiger charge is -2.37. The maximum Gasteiger partial charge on any atom is 0.245 e. The van der Waals surface area contributed by atoms with Crippen molar-refractivity contribution in [1.82, 2.24) is 30.0 Å². The molecule has 118 valence electrons. The van der Waals surface area contributed by atoms with E-state index in [0.29, 0.717) is 6.04 Å². The van der Waals surface area contributed by atoms with Crippen LogP contribution in [0.2, 0.25) is 0 Å². The number of aromatic nitrogens is 4. The highest BCUT2D eigenvalue weighted by Crippen LogP contribution is 2.15. The van der Waals surface area contributed by atoms with Crippen molar-refractivity contribution in [2.75, 3.05) is 50.7 Å². The number of hydrogen-bond acceptors (Lipinski definition) is 6. The fourth-order valence-electron chi connectivity index (χ4n) is 3.28. The number of hydrogen-bond donors (Lipinski definition) is 0. The second-order valence-corrected chi connectivity index (χ2v) is 6.37. The number of fused-ring (bicyclic) bond motifs is 1. The molecule has 1 fully saturated rings. The van der Waals surface area contributed by atoms with E-state index in [0.717, 1.165) is 32.0 Å². The average molecular weight is 293 g/mol. The van der Waals surface area contributed by atoms with Crippen molar-refractivity contribution in [1.29, 1.82) is 0 Å². The van der Waals surface area contributed by atoms with Gasteiger partial charge in [0.05, 0.1) is 0 Å². The fraction of sp³-hybridized carbons (Fsp3) is 0.929. The lowest BCUT2D eigenvalue weighted by molar-refractivity contribution is 0.108. The summed E-state index contributed by atoms with van der Waals surface area (Å²) in [5.41, 5.74) is 0. The molecule has 1 aromatic heterocycles. The molecular weight excluding hydrogens is 266 g/mol. The Morgan fingerprint density at radius 2 is 1.81 bits per heavy atom. The van der Waals surface area contributed by atoms with Gasteiger partial charge in [0.2, 0.25) is 5.95 Å². The Bertz CT molecular complexity index is 436. The number of piperazine rings is 1. The highest BCUT2D eigenvalue weighted by molar-refractivity contribution is 5.29. The highest BCUT2D eigenvalue weighted by atomic mass is 15.6. The normalized spacial score (nSPS) is 21.0. The van der Waals surface area contributed by atoms with Gasteiger partial charge in [0.25, 0.3) is 0 Å². The average Bonchev–Trinajstić information content (AvgIpc) is 2.97. The van der Waals surface area contributed by atoms with Crippen LogP contribution in [0.4, 0.5) is 5.95 Å². The molecule has 3 heterocycles. The van der Waals surface area contributed by atoms with Crippen molar-refractivity contribution in [3.8, 4) is 0 Å². The highest BCUT2D eigenvalue weighted by Gasteiger charge is 2.21. The zero-order valence-electron chi connectivity index (χ0n) is 13.3. The molecule has 0 amide bonds. The van der Waals surface area contributed by atoms with Gasteiger partial charge in [-0.2, -0.15) is 0 Å². The van der Waals surface area contributed by atoms with Crippen molar-refractivity contribution in [3.63, 3.8) is 0 Å². The van der Waals surface area contributed by atoms with Crippen LogP contribution in [0.1, 0.15) is 26.7 Å². The van der Waals surface area contributed by atoms with E-state index in [1.807, 2.05) is 4.68 Å². The Labute approximate surface area is 126 Å². The summed E-state index contributed by atoms with van der Waals surface area (Å²) in [6, 6.07) is 0.680. The molecule has 21 heavy (non-hydrogen) atoms. The first kappa shape index (κ1) is 14.7. The molecule has 0 aliphatic carbocycles. The SMILES string of the molecule is CC(C)N1CCN(CCCN2CCCn3nnnc32)CC1. The molecule has 7 heteroatoms. The number of anilines is 1. The molecule has 0 atom stereocenters. The molecule has 1 saturated heterocycles. The second kappa shape index (κ2) is 6.70. The van der Waals surface area contributed by atoms with Gasteiger partial charge in [-0.1, -0.05) is 5.10 Å². The van der Waals surface area contributed by atoms with E-state index in [2.05, 4.69) is 44.1 Å². The molecule has 0 bridgehead atoms. The van der Waals surface area contributed by atoms with Gasteiger partial charge in [-0.25, -0.2) is 4.68 Å². The summed E-state index contributed by atoms with van der Waals surface area (Å²) in [4.78, 5) is 7.48. The molecule has 0 N–H and O–H groups in total. The van der Waals surface area contributed by atoms with Crippen LogP contribution in [-0.2, 0) is 6.54 Å². The van der Waals surface area contributed by atoms with Gasteiger partial charge in [-0.3, -0.25) is 4.90 Å². The lowest BCUT2D eigenvalue weighted by atomic mass is 10.2. The summed E-state index contributed by atoms with van der Waals surface area (Å²) in [6.07, 6.45) is 2.33. The molecule has 0 spiro atoms. The first-order valence-corrected chi connectivity index (χ1v) is 8.21. The van der Waals surface area contributed by atoms with Crippen LogP contribution < -0.4 is 4.90 Å². The quantitative estimate of drug-likeness (QED) is 0.778. The largest absolute Gasteiger partial charge is 0.340 e. The van der Waals surface area contributed by atoms with E-state index < -0.39 is 0 Å². The molecular formula is C14H27N7. The van der Waals surface area contributed by atoms with Gasteiger partial charge in [0.15, 0.2) is 0 Å². The maximum absolute atomic E-state index is 4.14. The van der Waals surface area contributed by atoms with Crippen LogP contribution in [0, 0.1) is 0 Å². The maximum atomic E-state index is 4.14. The van der Waals surface area contributed by atoms with Crippen molar-refractivity contribution in [2.24, 2.45) is 0 Å². The Morgan fingerprint density at radius 1 is 1.00 bits per heavy atom. The molecule has 2 aliphatic rings. The van der Waals surface area contributed by atoms with E-state index >= 15 is 0 Å². The van der Waals surface area contributed by atoms with E-state index in [-0.39, 0.29) is 0 Å². The van der Waals surface area contributed by atoms with E-state index in [9.17, 15) is 0 Å². The molecule has 0 radical (unpaired) electrons. The molecule has 7 nitrogen and oxygen atoms in total. The third-order valence-corrected chi connectivity index (χ3v) is 4.63. The predicted octanol–water partition coefficient (Wildman–Crippen LogP) is 0.299. The Balaban J connectivity index is 1.40. The summed E-state index contributed by atoms with van der Waals surface area (Å²) >= 11 is 0. The molecule has 0 unspecified atom stereocenters. The van der Waals surface area contributed by atoms with Crippen LogP contribution in [0.25, 0.3) is 0 Å². The van der Waals surface area contributed by atoms with Gasteiger partial charge in [0, 0.05) is 51.9 Å². The summed E-state index contributed by atoms with van der Waals surface area (Å²) in [7, 11) is 0. The minimum absolute atomic E-state index is 0.680. The Hall–Kier alpha value is -1.21. The molecule has 2 aliphatic heterocycles. The van der Waals surface area contributed by atoms with Gasteiger partial charge < -0.3 is 9.80 Å². The van der Waals surface area contributed by atoms with Gasteiger partial charge in [-0.15, -0.1) is 0 Å². The summed E-state index contributed by atoms with van der Waals surface area (Å²) in [6.45, 7) is 13.7. The lowest BCUT2D eigenvalue weighted by Crippen LogP contribution is -2.49. The smallest absolute Gasteiger partial charge is 0.245 e. The van der Waals surface area contributed by atoms with E-state index in [1.165, 1.54) is 39.1 Å². The van der Waals surface area contributed by atoms with Crippen molar-refractivity contribution < 1.29 is 0 Å². The van der Waals surface area contributed by atoms with E-state index in [4.69, 9.17) is 0 Å². The van der Waals surface area contributed by atoms with Crippen LogP contribution in [0.3, 0.4) is 0 Å². The van der Waals surface area contributed by atoms with Crippen LogP contribution in [0.15, 0.2) is 0 Å². The fourth-order valence-corrected chi connectivity index (χ4v) is 3.28. The topological polar surface area (TPSA) is 53.3 Å². The number of rotatable bonds is 5. The second-order valence-electron chi connectivity index (χ2n) is 6.37. The van der Waals surface area contributed by atoms with Gasteiger partial charge >= 0.3 is 0 Å². The van der Waals surface area contributed by atoms with Crippen LogP contribution in [-0.4, -0.2) is 81.9 Å². The monoisotopic (exact) mass is 293 g/mol. The number of nitrogens with zero attached hydrogens (tertiary/aromatic N) is 7. The first-order valence-electron chi connectivity index (χ1n) is 8.21. The Kier molecular flexibility index (Phi) is 4.70. The van der Waals surface area contributed by atoms with Crippen molar-refractivity contribution in [3.05, 3.63) is 0 Å². The summed E-state index contributed by atoms with van der Waals surface area (Å²) in [5, 5.41) is 12.0. The van der Waals surface area contributed by atoms with Gasteiger partial charge in [-0.05, 0) is 43.7 Å². The first-order chi connectivity index (χ1) is 10.2. The van der Waals surface area contributed by atoms with Gasteiger partial charge in [0.1, 0.15) is 0 Å². The summed E-state index contributed by atoms with van der Waals surface area (Å²) in [5.74, 6) is 0.950. The molecule has 0 aromatic carbocycles. The number of aryl methyl sites for hydroxylation is 1. The third-order valence-electron chi connectivity index (χ3n) is 4.63. The minimum Gasteiger partial charge on any atom is -0.340 e. The predicted molar refractivity (Wildman–Crippen MR) is 82.4 cm³/mol. The van der Waals surface area contributed by atoms with E-state index in [1.54, 1.807) is 0 Å². The van der Waals surface area contributed by atoms with Crippen LogP contribution >= 0.6 is 0 Å². The molecule has 3 rings (SSSR count). The van der Waals surface area contributed by atoms with Crippen molar-refractivity contribution in [2.45, 2.75) is 39.3 Å². The minimum atomic E-state index is 0.680. The van der Waals surface area contributed by atoms with Crippen molar-refractivity contribution >= 4 is 5.95 Å². The molecule has 0 saturated carbocycles. The van der Waals surface area contributed by atoms with Crippen LogP contribution in [0.5, 0.6) is 0 Å². The zero-order chi connectivity index (χ0) is 14.7. The molecule has 1 aromatic rings. The Morgan fingerprint density at radius 3 is 2.57 bits per heavy atom. The summed E-state index contributed by atoms with van der Waals surface area (Å²) < 4.78 is 1.92. The standard InChI is InChI=1S/C14H27N7/c1-13(2)19-11-9-18(10-12-19)5-3-6-20-7-4-8-21-14(20)15-16-17-21/h13H,3-12H2,1-2H3. The third kappa shape index (κ3) is 3.52. The number of tetrazole rings is 1.